The molecule has 2 aromatic rings. The molecule has 1 aliphatic carbocycles. The van der Waals surface area contributed by atoms with E-state index < -0.39 is 0 Å². The lowest BCUT2D eigenvalue weighted by Crippen LogP contribution is -2.40. The highest BCUT2D eigenvalue weighted by Gasteiger charge is 2.33. The Balaban J connectivity index is 1.84. The van der Waals surface area contributed by atoms with E-state index in [1.54, 1.807) is 46.2 Å². The van der Waals surface area contributed by atoms with Crippen molar-refractivity contribution in [3.63, 3.8) is 0 Å². The van der Waals surface area contributed by atoms with Crippen molar-refractivity contribution in [2.45, 2.75) is 39.3 Å². The molecule has 0 bridgehead atoms. The largest absolute Gasteiger partial charge is 0.339 e. The third kappa shape index (κ3) is 3.37. The molecule has 6 heteroatoms. The van der Waals surface area contributed by atoms with Crippen LogP contribution in [0.5, 0.6) is 0 Å². The van der Waals surface area contributed by atoms with Gasteiger partial charge in [0.2, 0.25) is 0 Å². The molecule has 0 radical (unpaired) electrons. The van der Waals surface area contributed by atoms with Crippen LogP contribution in [0.4, 0.5) is 0 Å². The van der Waals surface area contributed by atoms with Crippen LogP contribution in [0.3, 0.4) is 0 Å². The Kier molecular flexibility index (Phi) is 4.35. The highest BCUT2D eigenvalue weighted by Crippen LogP contribution is 2.34. The fourth-order valence-electron chi connectivity index (χ4n) is 2.75. The van der Waals surface area contributed by atoms with Crippen LogP contribution >= 0.6 is 11.3 Å². The Bertz CT molecular complexity index is 776. The Morgan fingerprint density at radius 1 is 1.52 bits per heavy atom. The third-order valence-corrected chi connectivity index (χ3v) is 5.31. The zero-order chi connectivity index (χ0) is 16.6. The van der Waals surface area contributed by atoms with Crippen molar-refractivity contribution in [2.75, 3.05) is 7.05 Å². The molecule has 0 unspecified atom stereocenters. The van der Waals surface area contributed by atoms with Crippen LogP contribution in [-0.2, 0) is 6.54 Å². The highest BCUT2D eigenvalue weighted by molar-refractivity contribution is 7.09. The summed E-state index contributed by atoms with van der Waals surface area (Å²) in [6, 6.07) is 3.55. The maximum atomic E-state index is 12.6. The van der Waals surface area contributed by atoms with Crippen LogP contribution in [0.25, 0.3) is 0 Å². The second kappa shape index (κ2) is 6.28. The summed E-state index contributed by atoms with van der Waals surface area (Å²) in [6.07, 6.45) is 4.04. The molecule has 0 saturated heterocycles. The van der Waals surface area contributed by atoms with Gasteiger partial charge in [-0.3, -0.25) is 9.59 Å². The molecule has 0 N–H and O–H groups in total. The number of carbonyl (C=O) groups is 1. The van der Waals surface area contributed by atoms with E-state index in [2.05, 4.69) is 11.9 Å². The maximum Gasteiger partial charge on any atom is 0.263 e. The Morgan fingerprint density at radius 2 is 2.26 bits per heavy atom. The number of rotatable bonds is 5. The summed E-state index contributed by atoms with van der Waals surface area (Å²) in [6.45, 7) is 4.38. The SMILES string of the molecule is Cc1nc(Cn2cccc(C(=O)N(C)[C@@H](C)C3CC3)c2=O)cs1. The summed E-state index contributed by atoms with van der Waals surface area (Å²) in [5.74, 6) is 0.381. The number of hydrogen-bond donors (Lipinski definition) is 0. The summed E-state index contributed by atoms with van der Waals surface area (Å²) >= 11 is 1.56. The molecule has 0 aromatic carbocycles. The molecular formula is C17H21N3O2S. The number of hydrogen-bond acceptors (Lipinski definition) is 4. The van der Waals surface area contributed by atoms with E-state index in [4.69, 9.17) is 0 Å². The quantitative estimate of drug-likeness (QED) is 0.846. The van der Waals surface area contributed by atoms with Gasteiger partial charge in [0.15, 0.2) is 0 Å². The van der Waals surface area contributed by atoms with Gasteiger partial charge in [0.05, 0.1) is 17.2 Å². The first-order valence-corrected chi connectivity index (χ1v) is 8.73. The topological polar surface area (TPSA) is 55.2 Å². The molecule has 1 fully saturated rings. The minimum atomic E-state index is -0.252. The van der Waals surface area contributed by atoms with Crippen molar-refractivity contribution in [3.8, 4) is 0 Å². The van der Waals surface area contributed by atoms with Crippen LogP contribution in [0.15, 0.2) is 28.5 Å². The van der Waals surface area contributed by atoms with Gasteiger partial charge in [-0.25, -0.2) is 4.98 Å². The number of carbonyl (C=O) groups excluding carboxylic acids is 1. The third-order valence-electron chi connectivity index (χ3n) is 4.48. The van der Waals surface area contributed by atoms with Crippen molar-refractivity contribution >= 4 is 17.2 Å². The normalized spacial score (nSPS) is 15.4. The molecule has 23 heavy (non-hydrogen) atoms. The number of aromatic nitrogens is 2. The number of amides is 1. The minimum absolute atomic E-state index is 0.178. The first-order chi connectivity index (χ1) is 11.0. The molecule has 1 amide bonds. The van der Waals surface area contributed by atoms with Gasteiger partial charge >= 0.3 is 0 Å². The highest BCUT2D eigenvalue weighted by atomic mass is 32.1. The van der Waals surface area contributed by atoms with Gasteiger partial charge in [-0.05, 0) is 44.7 Å². The summed E-state index contributed by atoms with van der Waals surface area (Å²) in [7, 11) is 1.78. The van der Waals surface area contributed by atoms with E-state index in [9.17, 15) is 9.59 Å². The number of thiazole rings is 1. The molecule has 0 spiro atoms. The molecule has 2 aromatic heterocycles. The Hall–Kier alpha value is -1.95. The first-order valence-electron chi connectivity index (χ1n) is 7.85. The predicted octanol–water partition coefficient (Wildman–Crippen LogP) is 2.53. The minimum Gasteiger partial charge on any atom is -0.339 e. The van der Waals surface area contributed by atoms with Crippen molar-refractivity contribution in [1.82, 2.24) is 14.5 Å². The number of pyridine rings is 1. The molecule has 2 heterocycles. The maximum absolute atomic E-state index is 12.6. The van der Waals surface area contributed by atoms with Crippen molar-refractivity contribution in [1.29, 1.82) is 0 Å². The predicted molar refractivity (Wildman–Crippen MR) is 90.9 cm³/mol. The van der Waals surface area contributed by atoms with E-state index in [1.165, 1.54) is 12.8 Å². The van der Waals surface area contributed by atoms with Gasteiger partial charge in [0, 0.05) is 24.7 Å². The Labute approximate surface area is 139 Å². The smallest absolute Gasteiger partial charge is 0.263 e. The van der Waals surface area contributed by atoms with Crippen molar-refractivity contribution in [3.05, 3.63) is 50.3 Å². The average Bonchev–Trinajstić information content (AvgIpc) is 3.30. The lowest BCUT2D eigenvalue weighted by molar-refractivity contribution is 0.0725. The van der Waals surface area contributed by atoms with E-state index in [0.29, 0.717) is 12.5 Å². The van der Waals surface area contributed by atoms with Crippen LogP contribution < -0.4 is 5.56 Å². The van der Waals surface area contributed by atoms with Crippen LogP contribution in [0.1, 0.15) is 40.8 Å². The van der Waals surface area contributed by atoms with E-state index in [1.807, 2.05) is 12.3 Å². The lowest BCUT2D eigenvalue weighted by Gasteiger charge is -2.24. The average molecular weight is 331 g/mol. The first kappa shape index (κ1) is 15.9. The fraction of sp³-hybridized carbons (Fsp3) is 0.471. The molecule has 1 aliphatic rings. The van der Waals surface area contributed by atoms with Gasteiger partial charge < -0.3 is 9.47 Å². The summed E-state index contributed by atoms with van der Waals surface area (Å²) < 4.78 is 1.55. The number of nitrogens with zero attached hydrogens (tertiary/aromatic N) is 3. The van der Waals surface area contributed by atoms with Gasteiger partial charge in [0.1, 0.15) is 5.56 Å². The zero-order valence-electron chi connectivity index (χ0n) is 13.7. The standard InChI is InChI=1S/C17H21N3O2S/c1-11(13-6-7-13)19(3)16(21)15-5-4-8-20(17(15)22)9-14-10-23-12(2)18-14/h4-5,8,10-11,13H,6-7,9H2,1-3H3/t11-/m0/s1. The molecule has 1 saturated carbocycles. The van der Waals surface area contributed by atoms with Gasteiger partial charge in [0.25, 0.3) is 11.5 Å². The van der Waals surface area contributed by atoms with E-state index >= 15 is 0 Å². The summed E-state index contributed by atoms with van der Waals surface area (Å²) in [5.41, 5.74) is 0.825. The van der Waals surface area contributed by atoms with Crippen molar-refractivity contribution in [2.24, 2.45) is 5.92 Å². The summed E-state index contributed by atoms with van der Waals surface area (Å²) in [5, 5.41) is 2.91. The molecule has 0 aliphatic heterocycles. The molecule has 1 atom stereocenters. The molecule has 3 rings (SSSR count). The second-order valence-corrected chi connectivity index (χ2v) is 7.27. The zero-order valence-corrected chi connectivity index (χ0v) is 14.5. The van der Waals surface area contributed by atoms with E-state index in [0.717, 1.165) is 10.7 Å². The van der Waals surface area contributed by atoms with Crippen LogP contribution in [0.2, 0.25) is 0 Å². The number of aryl methyl sites for hydroxylation is 1. The van der Waals surface area contributed by atoms with Crippen LogP contribution in [0, 0.1) is 12.8 Å². The lowest BCUT2D eigenvalue weighted by atomic mass is 10.1. The molecular weight excluding hydrogens is 310 g/mol. The van der Waals surface area contributed by atoms with Crippen molar-refractivity contribution < 1.29 is 4.79 Å². The summed E-state index contributed by atoms with van der Waals surface area (Å²) in [4.78, 5) is 31.4. The second-order valence-electron chi connectivity index (χ2n) is 6.21. The van der Waals surface area contributed by atoms with Gasteiger partial charge in [-0.15, -0.1) is 11.3 Å². The van der Waals surface area contributed by atoms with Gasteiger partial charge in [-0.1, -0.05) is 0 Å². The Morgan fingerprint density at radius 3 is 2.87 bits per heavy atom. The monoisotopic (exact) mass is 331 g/mol. The van der Waals surface area contributed by atoms with Crippen LogP contribution in [-0.4, -0.2) is 33.4 Å². The molecule has 122 valence electrons. The fourth-order valence-corrected chi connectivity index (χ4v) is 3.35. The van der Waals surface area contributed by atoms with E-state index in [-0.39, 0.29) is 23.1 Å². The van der Waals surface area contributed by atoms with Gasteiger partial charge in [-0.2, -0.15) is 0 Å². The molecule has 5 nitrogen and oxygen atoms in total.